The smallest absolute Gasteiger partial charge is 0.417 e. The lowest BCUT2D eigenvalue weighted by atomic mass is 9.93. The minimum absolute atomic E-state index is 0.0290. The molecule has 5 nitrogen and oxygen atoms in total. The van der Waals surface area contributed by atoms with Crippen LogP contribution in [0.5, 0.6) is 5.88 Å². The van der Waals surface area contributed by atoms with Gasteiger partial charge < -0.3 is 15.4 Å². The van der Waals surface area contributed by atoms with E-state index in [0.29, 0.717) is 12.8 Å². The predicted octanol–water partition coefficient (Wildman–Crippen LogP) is 5.23. The van der Waals surface area contributed by atoms with Gasteiger partial charge in [0, 0.05) is 24.0 Å². The maximum atomic E-state index is 12.6. The number of nitrogens with zero attached hydrogens (tertiary/aromatic N) is 1. The van der Waals surface area contributed by atoms with Gasteiger partial charge in [0.1, 0.15) is 6.10 Å². The molecule has 0 bridgehead atoms. The van der Waals surface area contributed by atoms with E-state index in [1.165, 1.54) is 6.07 Å². The van der Waals surface area contributed by atoms with Crippen molar-refractivity contribution in [3.8, 4) is 5.88 Å². The highest BCUT2D eigenvalue weighted by molar-refractivity contribution is 5.89. The number of ether oxygens (including phenoxy) is 1. The number of alkyl halides is 3. The number of anilines is 1. The van der Waals surface area contributed by atoms with Crippen molar-refractivity contribution in [3.63, 3.8) is 0 Å². The van der Waals surface area contributed by atoms with Crippen LogP contribution in [0.25, 0.3) is 0 Å². The Balaban J connectivity index is 1.44. The van der Waals surface area contributed by atoms with E-state index in [1.54, 1.807) is 0 Å². The average Bonchev–Trinajstić information content (AvgIpc) is 2.62. The van der Waals surface area contributed by atoms with E-state index in [9.17, 15) is 18.0 Å². The van der Waals surface area contributed by atoms with E-state index < -0.39 is 11.7 Å². The number of rotatable bonds is 4. The van der Waals surface area contributed by atoms with Crippen LogP contribution in [0.15, 0.2) is 36.5 Å². The summed E-state index contributed by atoms with van der Waals surface area (Å²) in [5, 5.41) is 5.82. The molecule has 0 saturated heterocycles. The van der Waals surface area contributed by atoms with Gasteiger partial charge in [-0.25, -0.2) is 9.78 Å². The molecule has 2 aromatic rings. The molecule has 1 aliphatic carbocycles. The van der Waals surface area contributed by atoms with E-state index in [4.69, 9.17) is 4.74 Å². The summed E-state index contributed by atoms with van der Waals surface area (Å²) >= 11 is 0. The van der Waals surface area contributed by atoms with Gasteiger partial charge >= 0.3 is 12.2 Å². The molecule has 0 aliphatic heterocycles. The normalized spacial score (nSPS) is 19.5. The Bertz CT molecular complexity index is 825. The third-order valence-electron chi connectivity index (χ3n) is 4.84. The number of halogens is 3. The van der Waals surface area contributed by atoms with Gasteiger partial charge in [-0.05, 0) is 68.9 Å². The first-order valence-electron chi connectivity index (χ1n) is 9.55. The molecule has 0 radical (unpaired) electrons. The second-order valence-corrected chi connectivity index (χ2v) is 7.45. The molecule has 3 rings (SSSR count). The highest BCUT2D eigenvalue weighted by Gasteiger charge is 2.31. The van der Waals surface area contributed by atoms with E-state index in [2.05, 4.69) is 15.6 Å². The number of urea groups is 1. The van der Waals surface area contributed by atoms with Crippen molar-refractivity contribution in [2.75, 3.05) is 5.32 Å². The van der Waals surface area contributed by atoms with Crippen LogP contribution >= 0.6 is 0 Å². The molecule has 29 heavy (non-hydrogen) atoms. The fourth-order valence-electron chi connectivity index (χ4n) is 3.51. The van der Waals surface area contributed by atoms with Crippen molar-refractivity contribution in [2.24, 2.45) is 0 Å². The summed E-state index contributed by atoms with van der Waals surface area (Å²) in [6, 6.07) is 7.85. The van der Waals surface area contributed by atoms with E-state index in [1.807, 2.05) is 32.0 Å². The van der Waals surface area contributed by atoms with Gasteiger partial charge in [0.05, 0.1) is 5.56 Å². The maximum absolute atomic E-state index is 12.6. The number of nitrogens with one attached hydrogen (secondary N) is 2. The number of pyridine rings is 1. The molecule has 1 heterocycles. The Kier molecular flexibility index (Phi) is 6.30. The lowest BCUT2D eigenvalue weighted by Gasteiger charge is -2.29. The number of hydrogen-bond acceptors (Lipinski definition) is 3. The van der Waals surface area contributed by atoms with Gasteiger partial charge in [-0.15, -0.1) is 0 Å². The summed E-state index contributed by atoms with van der Waals surface area (Å²) in [5.41, 5.74) is 2.11. The number of carbonyl (C=O) groups is 1. The van der Waals surface area contributed by atoms with Crippen LogP contribution < -0.4 is 15.4 Å². The van der Waals surface area contributed by atoms with Gasteiger partial charge in [-0.1, -0.05) is 6.07 Å². The number of benzene rings is 1. The summed E-state index contributed by atoms with van der Waals surface area (Å²) in [4.78, 5) is 16.0. The van der Waals surface area contributed by atoms with E-state index in [0.717, 1.165) is 41.9 Å². The number of aryl methyl sites for hydroxylation is 2. The molecule has 1 aromatic carbocycles. The predicted molar refractivity (Wildman–Crippen MR) is 104 cm³/mol. The van der Waals surface area contributed by atoms with Crippen molar-refractivity contribution in [2.45, 2.75) is 57.9 Å². The molecule has 1 aliphatic rings. The molecule has 2 amide bonds. The standard InChI is InChI=1S/C21H24F3N3O2/c1-13-9-14(2)11-17(10-13)27-20(28)26-16-4-6-18(7-5-16)29-19-8-3-15(12-25-19)21(22,23)24/h3,8-12,16,18H,4-7H2,1-2H3,(H2,26,27,28). The first-order valence-corrected chi connectivity index (χ1v) is 9.55. The SMILES string of the molecule is Cc1cc(C)cc(NC(=O)NC2CCC(Oc3ccc(C(F)(F)F)cn3)CC2)c1. The quantitative estimate of drug-likeness (QED) is 0.730. The zero-order valence-corrected chi connectivity index (χ0v) is 16.3. The molecule has 156 valence electrons. The third kappa shape index (κ3) is 6.10. The monoisotopic (exact) mass is 407 g/mol. The Morgan fingerprint density at radius 1 is 1.07 bits per heavy atom. The lowest BCUT2D eigenvalue weighted by molar-refractivity contribution is -0.137. The minimum Gasteiger partial charge on any atom is -0.474 e. The zero-order chi connectivity index (χ0) is 21.0. The van der Waals surface area contributed by atoms with Crippen LogP contribution in [-0.2, 0) is 6.18 Å². The molecule has 0 unspecified atom stereocenters. The largest absolute Gasteiger partial charge is 0.474 e. The first kappa shape index (κ1) is 21.0. The van der Waals surface area contributed by atoms with Crippen LogP contribution in [0, 0.1) is 13.8 Å². The second-order valence-electron chi connectivity index (χ2n) is 7.45. The summed E-state index contributed by atoms with van der Waals surface area (Å²) in [6.07, 6.45) is -0.918. The minimum atomic E-state index is -4.41. The molecule has 1 saturated carbocycles. The number of carbonyl (C=O) groups excluding carboxylic acids is 1. The highest BCUT2D eigenvalue weighted by Crippen LogP contribution is 2.30. The Hall–Kier alpha value is -2.77. The van der Waals surface area contributed by atoms with Crippen LogP contribution in [-0.4, -0.2) is 23.2 Å². The first-order chi connectivity index (χ1) is 13.7. The summed E-state index contributed by atoms with van der Waals surface area (Å²) in [6.45, 7) is 3.95. The lowest BCUT2D eigenvalue weighted by Crippen LogP contribution is -2.41. The van der Waals surface area contributed by atoms with Crippen LogP contribution in [0.4, 0.5) is 23.7 Å². The Labute approximate surface area is 167 Å². The molecule has 1 aromatic heterocycles. The van der Waals surface area contributed by atoms with Crippen molar-refractivity contribution in [3.05, 3.63) is 53.2 Å². The van der Waals surface area contributed by atoms with Gasteiger partial charge in [-0.3, -0.25) is 0 Å². The summed E-state index contributed by atoms with van der Waals surface area (Å²) in [5.74, 6) is 0.182. The fourth-order valence-corrected chi connectivity index (χ4v) is 3.51. The average molecular weight is 407 g/mol. The topological polar surface area (TPSA) is 63.2 Å². The van der Waals surface area contributed by atoms with Crippen molar-refractivity contribution in [1.29, 1.82) is 0 Å². The third-order valence-corrected chi connectivity index (χ3v) is 4.84. The Morgan fingerprint density at radius 2 is 1.72 bits per heavy atom. The number of aromatic nitrogens is 1. The molecule has 2 N–H and O–H groups in total. The van der Waals surface area contributed by atoms with Crippen molar-refractivity contribution >= 4 is 11.7 Å². The molecule has 1 fully saturated rings. The van der Waals surface area contributed by atoms with Crippen LogP contribution in [0.2, 0.25) is 0 Å². The summed E-state index contributed by atoms with van der Waals surface area (Å²) in [7, 11) is 0. The molecular weight excluding hydrogens is 383 g/mol. The van der Waals surface area contributed by atoms with E-state index in [-0.39, 0.29) is 24.1 Å². The zero-order valence-electron chi connectivity index (χ0n) is 16.3. The van der Waals surface area contributed by atoms with Gasteiger partial charge in [0.2, 0.25) is 5.88 Å². The van der Waals surface area contributed by atoms with E-state index >= 15 is 0 Å². The maximum Gasteiger partial charge on any atom is 0.417 e. The van der Waals surface area contributed by atoms with Gasteiger partial charge in [-0.2, -0.15) is 13.2 Å². The molecule has 0 atom stereocenters. The fraction of sp³-hybridized carbons (Fsp3) is 0.429. The second kappa shape index (κ2) is 8.71. The van der Waals surface area contributed by atoms with Gasteiger partial charge in [0.25, 0.3) is 0 Å². The number of hydrogen-bond donors (Lipinski definition) is 2. The van der Waals surface area contributed by atoms with Crippen LogP contribution in [0.1, 0.15) is 42.4 Å². The van der Waals surface area contributed by atoms with Crippen LogP contribution in [0.3, 0.4) is 0 Å². The molecular formula is C21H24F3N3O2. The Morgan fingerprint density at radius 3 is 2.28 bits per heavy atom. The molecule has 8 heteroatoms. The highest BCUT2D eigenvalue weighted by atomic mass is 19.4. The summed E-state index contributed by atoms with van der Waals surface area (Å²) < 4.78 is 43.4. The van der Waals surface area contributed by atoms with Crippen molar-refractivity contribution < 1.29 is 22.7 Å². The van der Waals surface area contributed by atoms with Gasteiger partial charge in [0.15, 0.2) is 0 Å². The number of amides is 2. The molecule has 0 spiro atoms. The van der Waals surface area contributed by atoms with Crippen molar-refractivity contribution in [1.82, 2.24) is 10.3 Å².